The fraction of sp³-hybridized carbons (Fsp3) is 0.409. The minimum atomic E-state index is 0.0454. The largest absolute Gasteiger partial charge is 0.316 e. The Labute approximate surface area is 161 Å². The smallest absolute Gasteiger partial charge is 0.223 e. The molecule has 0 saturated carbocycles. The summed E-state index contributed by atoms with van der Waals surface area (Å²) < 4.78 is 0. The molecular formula is C22H27ClN2O. The number of fused-ring (bicyclic) bond motifs is 1. The van der Waals surface area contributed by atoms with Crippen LogP contribution in [-0.4, -0.2) is 32.0 Å². The van der Waals surface area contributed by atoms with Gasteiger partial charge in [-0.3, -0.25) is 4.79 Å². The maximum absolute atomic E-state index is 11.8. The zero-order valence-electron chi connectivity index (χ0n) is 16.2. The van der Waals surface area contributed by atoms with E-state index >= 15 is 0 Å². The summed E-state index contributed by atoms with van der Waals surface area (Å²) in [6, 6.07) is 13.2. The minimum Gasteiger partial charge on any atom is -0.316 e. The van der Waals surface area contributed by atoms with Crippen LogP contribution in [-0.2, 0) is 4.79 Å². The SMILES string of the molecule is CC(=O)N(C)c1ccc2c(c1)[C@@H](N(C)C)CC[C@H]2c1ccc(C)c(Cl)c1. The van der Waals surface area contributed by atoms with Crippen molar-refractivity contribution in [1.82, 2.24) is 4.90 Å². The number of amides is 1. The molecule has 0 fully saturated rings. The second-order valence-corrected chi connectivity index (χ2v) is 7.92. The highest BCUT2D eigenvalue weighted by molar-refractivity contribution is 6.31. The lowest BCUT2D eigenvalue weighted by Gasteiger charge is -2.36. The summed E-state index contributed by atoms with van der Waals surface area (Å²) in [5.41, 5.74) is 5.98. The normalized spacial score (nSPS) is 19.3. The highest BCUT2D eigenvalue weighted by atomic mass is 35.5. The van der Waals surface area contributed by atoms with Crippen molar-refractivity contribution in [3.63, 3.8) is 0 Å². The van der Waals surface area contributed by atoms with Gasteiger partial charge in [-0.15, -0.1) is 0 Å². The Hall–Kier alpha value is -1.84. The van der Waals surface area contributed by atoms with E-state index in [9.17, 15) is 4.79 Å². The van der Waals surface area contributed by atoms with Crippen molar-refractivity contribution < 1.29 is 4.79 Å². The van der Waals surface area contributed by atoms with Crippen LogP contribution in [0.3, 0.4) is 0 Å². The molecule has 2 aromatic rings. The molecule has 0 aliphatic heterocycles. The van der Waals surface area contributed by atoms with Gasteiger partial charge in [0.05, 0.1) is 0 Å². The van der Waals surface area contributed by atoms with Gasteiger partial charge in [0.25, 0.3) is 0 Å². The minimum absolute atomic E-state index is 0.0454. The Bertz CT molecular complexity index is 831. The molecule has 2 aromatic carbocycles. The van der Waals surface area contributed by atoms with E-state index in [0.717, 1.165) is 29.1 Å². The second kappa shape index (κ2) is 7.42. The number of halogens is 1. The molecule has 3 nitrogen and oxygen atoms in total. The first-order chi connectivity index (χ1) is 12.3. The quantitative estimate of drug-likeness (QED) is 0.745. The van der Waals surface area contributed by atoms with Crippen LogP contribution in [0, 0.1) is 6.92 Å². The maximum Gasteiger partial charge on any atom is 0.223 e. The molecule has 0 radical (unpaired) electrons. The van der Waals surface area contributed by atoms with Crippen LogP contribution in [0.2, 0.25) is 5.02 Å². The zero-order valence-corrected chi connectivity index (χ0v) is 17.0. The van der Waals surface area contributed by atoms with Crippen molar-refractivity contribution >= 4 is 23.2 Å². The number of benzene rings is 2. The van der Waals surface area contributed by atoms with Crippen LogP contribution in [0.15, 0.2) is 36.4 Å². The Kier molecular flexibility index (Phi) is 5.40. The standard InChI is InChI=1S/C22H27ClN2O/c1-14-6-7-16(12-21(14)23)18-10-11-22(24(3)4)20-13-17(8-9-19(18)20)25(5)15(2)26/h6-9,12-13,18,22H,10-11H2,1-5H3/t18-,22-/m0/s1. The lowest BCUT2D eigenvalue weighted by molar-refractivity contribution is -0.116. The fourth-order valence-electron chi connectivity index (χ4n) is 3.90. The van der Waals surface area contributed by atoms with Gasteiger partial charge in [0.15, 0.2) is 0 Å². The van der Waals surface area contributed by atoms with Crippen LogP contribution in [0.4, 0.5) is 5.69 Å². The number of nitrogens with zero attached hydrogens (tertiary/aromatic N) is 2. The van der Waals surface area contributed by atoms with Gasteiger partial charge in [0.2, 0.25) is 5.91 Å². The average Bonchev–Trinajstić information content (AvgIpc) is 2.61. The number of carbonyl (C=O) groups excluding carboxylic acids is 1. The molecule has 138 valence electrons. The van der Waals surface area contributed by atoms with E-state index in [1.807, 2.05) is 14.0 Å². The van der Waals surface area contributed by atoms with Gasteiger partial charge in [0, 0.05) is 36.6 Å². The predicted molar refractivity (Wildman–Crippen MR) is 109 cm³/mol. The molecule has 1 amide bonds. The van der Waals surface area contributed by atoms with Gasteiger partial charge in [-0.2, -0.15) is 0 Å². The summed E-state index contributed by atoms with van der Waals surface area (Å²) in [6.45, 7) is 3.63. The van der Waals surface area contributed by atoms with Crippen molar-refractivity contribution in [1.29, 1.82) is 0 Å². The molecule has 0 aromatic heterocycles. The number of hydrogen-bond donors (Lipinski definition) is 0. The summed E-state index contributed by atoms with van der Waals surface area (Å²) in [6.07, 6.45) is 2.18. The van der Waals surface area contributed by atoms with Gasteiger partial charge < -0.3 is 9.80 Å². The highest BCUT2D eigenvalue weighted by Gasteiger charge is 2.30. The van der Waals surface area contributed by atoms with Gasteiger partial charge in [-0.25, -0.2) is 0 Å². The van der Waals surface area contributed by atoms with Gasteiger partial charge in [-0.05, 0) is 74.3 Å². The van der Waals surface area contributed by atoms with Crippen LogP contribution in [0.1, 0.15) is 54.0 Å². The molecule has 26 heavy (non-hydrogen) atoms. The maximum atomic E-state index is 11.8. The topological polar surface area (TPSA) is 23.6 Å². The van der Waals surface area contributed by atoms with E-state index in [4.69, 9.17) is 11.6 Å². The molecule has 0 N–H and O–H groups in total. The lowest BCUT2D eigenvalue weighted by Crippen LogP contribution is -2.28. The first kappa shape index (κ1) is 18.9. The van der Waals surface area contributed by atoms with Crippen molar-refractivity contribution in [2.75, 3.05) is 26.0 Å². The number of hydrogen-bond acceptors (Lipinski definition) is 2. The molecule has 0 unspecified atom stereocenters. The Balaban J connectivity index is 2.09. The zero-order chi connectivity index (χ0) is 19.0. The lowest BCUT2D eigenvalue weighted by atomic mass is 9.76. The number of anilines is 1. The van der Waals surface area contributed by atoms with Gasteiger partial charge >= 0.3 is 0 Å². The molecule has 0 saturated heterocycles. The highest BCUT2D eigenvalue weighted by Crippen LogP contribution is 2.44. The van der Waals surface area contributed by atoms with E-state index in [2.05, 4.69) is 55.4 Å². The van der Waals surface area contributed by atoms with E-state index < -0.39 is 0 Å². The third kappa shape index (κ3) is 3.51. The van der Waals surface area contributed by atoms with E-state index in [1.54, 1.807) is 11.8 Å². The molecule has 0 heterocycles. The summed E-state index contributed by atoms with van der Waals surface area (Å²) in [5, 5.41) is 0.826. The molecule has 4 heteroatoms. The summed E-state index contributed by atoms with van der Waals surface area (Å²) in [4.78, 5) is 15.8. The van der Waals surface area contributed by atoms with Crippen molar-refractivity contribution in [2.45, 2.75) is 38.6 Å². The van der Waals surface area contributed by atoms with Crippen molar-refractivity contribution in [3.8, 4) is 0 Å². The first-order valence-corrected chi connectivity index (χ1v) is 9.48. The first-order valence-electron chi connectivity index (χ1n) is 9.10. The molecule has 0 spiro atoms. The average molecular weight is 371 g/mol. The molecule has 3 rings (SSSR count). The molecule has 1 aliphatic rings. The van der Waals surface area contributed by atoms with Gasteiger partial charge in [0.1, 0.15) is 0 Å². The number of rotatable bonds is 3. The van der Waals surface area contributed by atoms with Crippen LogP contribution < -0.4 is 4.90 Å². The predicted octanol–water partition coefficient (Wildman–Crippen LogP) is 5.16. The van der Waals surface area contributed by atoms with E-state index in [-0.39, 0.29) is 5.91 Å². The summed E-state index contributed by atoms with van der Waals surface area (Å²) in [7, 11) is 6.08. The summed E-state index contributed by atoms with van der Waals surface area (Å²) in [5.74, 6) is 0.389. The third-order valence-corrected chi connectivity index (χ3v) is 6.02. The van der Waals surface area contributed by atoms with Crippen molar-refractivity contribution in [3.05, 3.63) is 63.7 Å². The Morgan fingerprint density at radius 3 is 2.38 bits per heavy atom. The molecule has 2 atom stereocenters. The third-order valence-electron chi connectivity index (χ3n) is 5.61. The molecule has 1 aliphatic carbocycles. The van der Waals surface area contributed by atoms with Crippen LogP contribution >= 0.6 is 11.6 Å². The van der Waals surface area contributed by atoms with E-state index in [1.165, 1.54) is 16.7 Å². The fourth-order valence-corrected chi connectivity index (χ4v) is 4.09. The molecule has 0 bridgehead atoms. The Morgan fingerprint density at radius 2 is 1.77 bits per heavy atom. The number of carbonyl (C=O) groups is 1. The van der Waals surface area contributed by atoms with Crippen LogP contribution in [0.5, 0.6) is 0 Å². The van der Waals surface area contributed by atoms with Crippen molar-refractivity contribution in [2.24, 2.45) is 0 Å². The van der Waals surface area contributed by atoms with Crippen LogP contribution in [0.25, 0.3) is 0 Å². The second-order valence-electron chi connectivity index (χ2n) is 7.51. The number of aryl methyl sites for hydroxylation is 1. The monoisotopic (exact) mass is 370 g/mol. The molecular weight excluding hydrogens is 344 g/mol. The summed E-state index contributed by atoms with van der Waals surface area (Å²) >= 11 is 6.39. The van der Waals surface area contributed by atoms with Gasteiger partial charge in [-0.1, -0.05) is 29.8 Å². The Morgan fingerprint density at radius 1 is 1.04 bits per heavy atom. The van der Waals surface area contributed by atoms with E-state index in [0.29, 0.717) is 12.0 Å².